The molecule has 55 heavy (non-hydrogen) atoms. The highest BCUT2D eigenvalue weighted by atomic mass is 16.4. The Bertz CT molecular complexity index is 1430. The Morgan fingerprint density at radius 1 is 0.618 bits per heavy atom. The fourth-order valence-electron chi connectivity index (χ4n) is 4.86. The van der Waals surface area contributed by atoms with Gasteiger partial charge in [-0.25, -0.2) is 0 Å². The summed E-state index contributed by atoms with van der Waals surface area (Å²) in [5.74, 6) is -8.69. The molecule has 0 saturated carbocycles. The lowest BCUT2D eigenvalue weighted by Crippen LogP contribution is -2.56. The smallest absolute Gasteiger partial charge is 0.322 e. The maximum atomic E-state index is 13.2. The number of amides is 10. The molecular weight excluding hydrogens is 730 g/mol. The van der Waals surface area contributed by atoms with Crippen molar-refractivity contribution >= 4 is 65.0 Å². The van der Waals surface area contributed by atoms with Crippen molar-refractivity contribution in [3.05, 3.63) is 0 Å². The zero-order valence-corrected chi connectivity index (χ0v) is 31.3. The van der Waals surface area contributed by atoms with E-state index < -0.39 is 122 Å². The third kappa shape index (κ3) is 20.2. The van der Waals surface area contributed by atoms with Gasteiger partial charge < -0.3 is 64.0 Å². The summed E-state index contributed by atoms with van der Waals surface area (Å²) in [5, 5.41) is 32.6. The first-order valence-electron chi connectivity index (χ1n) is 17.6. The van der Waals surface area contributed by atoms with Crippen LogP contribution >= 0.6 is 0 Å². The van der Waals surface area contributed by atoms with Crippen LogP contribution in [0.5, 0.6) is 0 Å². The molecule has 23 nitrogen and oxygen atoms in total. The Morgan fingerprint density at radius 3 is 1.65 bits per heavy atom. The monoisotopic (exact) mass is 783 g/mol. The average molecular weight is 784 g/mol. The lowest BCUT2D eigenvalue weighted by Gasteiger charge is -2.24. The molecule has 0 aromatic rings. The molecule has 1 heterocycles. The highest BCUT2D eigenvalue weighted by molar-refractivity contribution is 5.96. The van der Waals surface area contributed by atoms with E-state index in [-0.39, 0.29) is 31.1 Å². The van der Waals surface area contributed by atoms with Gasteiger partial charge in [0, 0.05) is 6.42 Å². The standard InChI is InChI=1S/C32H53N11O12/c1-16(2)10-21(43-32(55)20(7-8-22(33)44)42-26(48)14-38-30(53)19-6-5-9-34-19)31(54)37-11-23(45)35-12-24(46)40-17(3)28(51)36-13-25(47)41-18(4)29(52)39-15-27(49)50/h16-21,34H,5-15H2,1-4H3,(H2,33,44)(H,35,45)(H,36,51)(H,37,54)(H,38,53)(H,39,52)(H,40,46)(H,41,47)(H,42,48)(H,43,55)(H,49,50)/t17-,18-,19-,20-,21-/m0/s1. The first kappa shape index (κ1) is 47.2. The topological polar surface area (TPSA) is 354 Å². The van der Waals surface area contributed by atoms with Crippen LogP contribution in [0.1, 0.15) is 59.8 Å². The quantitative estimate of drug-likeness (QED) is 0.0434. The van der Waals surface area contributed by atoms with Gasteiger partial charge in [-0.1, -0.05) is 13.8 Å². The van der Waals surface area contributed by atoms with Crippen LogP contribution in [0, 0.1) is 5.92 Å². The van der Waals surface area contributed by atoms with E-state index in [2.05, 4.69) is 53.2 Å². The second-order valence-electron chi connectivity index (χ2n) is 13.1. The van der Waals surface area contributed by atoms with Crippen LogP contribution in [-0.4, -0.2) is 140 Å². The van der Waals surface area contributed by atoms with E-state index in [1.54, 1.807) is 13.8 Å². The van der Waals surface area contributed by atoms with E-state index in [1.165, 1.54) is 13.8 Å². The molecule has 13 N–H and O–H groups in total. The van der Waals surface area contributed by atoms with Crippen molar-refractivity contribution in [2.24, 2.45) is 11.7 Å². The number of carbonyl (C=O) groups excluding carboxylic acids is 10. The van der Waals surface area contributed by atoms with Crippen molar-refractivity contribution in [1.29, 1.82) is 0 Å². The summed E-state index contributed by atoms with van der Waals surface area (Å²) in [7, 11) is 0. The fraction of sp³-hybridized carbons (Fsp3) is 0.656. The van der Waals surface area contributed by atoms with Crippen LogP contribution in [-0.2, 0) is 52.7 Å². The summed E-state index contributed by atoms with van der Waals surface area (Å²) >= 11 is 0. The maximum absolute atomic E-state index is 13.2. The van der Waals surface area contributed by atoms with E-state index in [1.807, 2.05) is 0 Å². The Balaban J connectivity index is 2.60. The number of nitrogens with two attached hydrogens (primary N) is 1. The molecular formula is C32H53N11O12. The highest BCUT2D eigenvalue weighted by Gasteiger charge is 2.29. The highest BCUT2D eigenvalue weighted by Crippen LogP contribution is 2.07. The number of carboxylic acid groups (broad SMARTS) is 1. The number of aliphatic carboxylic acids is 1. The first-order chi connectivity index (χ1) is 25.8. The largest absolute Gasteiger partial charge is 0.480 e. The van der Waals surface area contributed by atoms with Gasteiger partial charge in [-0.15, -0.1) is 0 Å². The molecule has 1 rings (SSSR count). The van der Waals surface area contributed by atoms with Gasteiger partial charge in [0.25, 0.3) is 0 Å². The summed E-state index contributed by atoms with van der Waals surface area (Å²) in [6.45, 7) is 3.98. The van der Waals surface area contributed by atoms with Crippen molar-refractivity contribution in [2.75, 3.05) is 39.3 Å². The number of hydrogen-bond acceptors (Lipinski definition) is 12. The predicted octanol–water partition coefficient (Wildman–Crippen LogP) is -6.31. The van der Waals surface area contributed by atoms with Crippen molar-refractivity contribution in [3.63, 3.8) is 0 Å². The SMILES string of the molecule is CC(C)C[C@H](NC(=O)[C@H](CCC(N)=O)NC(=O)CNC(=O)[C@@H]1CCCN1)C(=O)NCC(=O)NCC(=O)N[C@@H](C)C(=O)NCC(=O)N[C@@H](C)C(=O)NCC(=O)O. The lowest BCUT2D eigenvalue weighted by molar-refractivity contribution is -0.138. The van der Waals surface area contributed by atoms with E-state index in [4.69, 9.17) is 10.8 Å². The van der Waals surface area contributed by atoms with Crippen molar-refractivity contribution in [3.8, 4) is 0 Å². The molecule has 1 saturated heterocycles. The second-order valence-corrected chi connectivity index (χ2v) is 13.1. The van der Waals surface area contributed by atoms with Gasteiger partial charge >= 0.3 is 5.97 Å². The molecule has 0 aliphatic carbocycles. The van der Waals surface area contributed by atoms with E-state index >= 15 is 0 Å². The predicted molar refractivity (Wildman–Crippen MR) is 191 cm³/mol. The normalized spacial score (nSPS) is 15.5. The molecule has 0 aromatic carbocycles. The number of carboxylic acids is 1. The minimum atomic E-state index is -1.29. The summed E-state index contributed by atoms with van der Waals surface area (Å²) < 4.78 is 0. The summed E-state index contributed by atoms with van der Waals surface area (Å²) in [5.41, 5.74) is 5.23. The molecule has 0 bridgehead atoms. The Morgan fingerprint density at radius 2 is 1.13 bits per heavy atom. The molecule has 1 aliphatic heterocycles. The van der Waals surface area contributed by atoms with Gasteiger partial charge in [-0.2, -0.15) is 0 Å². The molecule has 10 amide bonds. The van der Waals surface area contributed by atoms with Crippen LogP contribution in [0.15, 0.2) is 0 Å². The number of primary amides is 1. The van der Waals surface area contributed by atoms with Gasteiger partial charge in [0.05, 0.1) is 32.2 Å². The Labute approximate surface area is 316 Å². The van der Waals surface area contributed by atoms with Crippen LogP contribution < -0.4 is 58.9 Å². The number of carbonyl (C=O) groups is 11. The van der Waals surface area contributed by atoms with Crippen LogP contribution in [0.2, 0.25) is 0 Å². The Kier molecular flexibility index (Phi) is 21.0. The summed E-state index contributed by atoms with van der Waals surface area (Å²) in [4.78, 5) is 134. The van der Waals surface area contributed by atoms with Crippen molar-refractivity contribution in [1.82, 2.24) is 53.2 Å². The van der Waals surface area contributed by atoms with E-state index in [9.17, 15) is 52.7 Å². The zero-order chi connectivity index (χ0) is 41.7. The molecule has 5 atom stereocenters. The molecule has 0 spiro atoms. The minimum Gasteiger partial charge on any atom is -0.480 e. The fourth-order valence-corrected chi connectivity index (χ4v) is 4.86. The molecule has 0 aromatic heterocycles. The molecule has 0 unspecified atom stereocenters. The number of nitrogens with one attached hydrogen (secondary N) is 10. The lowest BCUT2D eigenvalue weighted by atomic mass is 10.0. The van der Waals surface area contributed by atoms with Crippen molar-refractivity contribution in [2.45, 2.75) is 90.0 Å². The molecule has 308 valence electrons. The minimum absolute atomic E-state index is 0.116. The first-order valence-corrected chi connectivity index (χ1v) is 17.6. The van der Waals surface area contributed by atoms with Gasteiger partial charge in [-0.3, -0.25) is 52.7 Å². The van der Waals surface area contributed by atoms with E-state index in [0.717, 1.165) is 6.42 Å². The third-order valence-electron chi connectivity index (χ3n) is 7.72. The maximum Gasteiger partial charge on any atom is 0.322 e. The van der Waals surface area contributed by atoms with Crippen molar-refractivity contribution < 1.29 is 57.8 Å². The molecule has 0 radical (unpaired) electrons. The number of rotatable bonds is 24. The van der Waals surface area contributed by atoms with Crippen LogP contribution in [0.4, 0.5) is 0 Å². The molecule has 1 aliphatic rings. The van der Waals surface area contributed by atoms with Gasteiger partial charge in [0.2, 0.25) is 59.1 Å². The van der Waals surface area contributed by atoms with Gasteiger partial charge in [0.15, 0.2) is 0 Å². The Hall–Kier alpha value is -5.87. The molecule has 1 fully saturated rings. The second kappa shape index (κ2) is 24.4. The van der Waals surface area contributed by atoms with Gasteiger partial charge in [0.1, 0.15) is 30.7 Å². The van der Waals surface area contributed by atoms with Gasteiger partial charge in [-0.05, 0) is 52.0 Å². The third-order valence-corrected chi connectivity index (χ3v) is 7.72. The summed E-state index contributed by atoms with van der Waals surface area (Å²) in [6.07, 6.45) is 1.08. The molecule has 23 heteroatoms. The average Bonchev–Trinajstić information content (AvgIpc) is 3.66. The van der Waals surface area contributed by atoms with Crippen LogP contribution in [0.25, 0.3) is 0 Å². The van der Waals surface area contributed by atoms with E-state index in [0.29, 0.717) is 13.0 Å². The number of hydrogen-bond donors (Lipinski definition) is 12. The van der Waals surface area contributed by atoms with Crippen LogP contribution in [0.3, 0.4) is 0 Å². The summed E-state index contributed by atoms with van der Waals surface area (Å²) in [6, 6.07) is -5.14. The zero-order valence-electron chi connectivity index (χ0n) is 31.3.